The molecule has 1 unspecified atom stereocenters. The third kappa shape index (κ3) is 11.3. The van der Waals surface area contributed by atoms with Gasteiger partial charge in [0.05, 0.1) is 16.7 Å². The van der Waals surface area contributed by atoms with Gasteiger partial charge >= 0.3 is 11.9 Å². The standard InChI is InChI=1S/C19H29Cl2NO.C2H2O4/c1-2-3-4-11-22-12-5-7-16(15-22)8-6-13-23-17-9-10-18(20)19(21)14-17;3-1(4)2(5)6/h9-10,14,16H,2-8,11-13,15H2,1H3;(H,3,4)(H,5,6). The number of ether oxygens (including phenoxy) is 1. The molecule has 0 radical (unpaired) electrons. The highest BCUT2D eigenvalue weighted by atomic mass is 35.5. The largest absolute Gasteiger partial charge is 0.494 e. The Kier molecular flexibility index (Phi) is 12.7. The number of carbonyl (C=O) groups is 2. The van der Waals surface area contributed by atoms with Crippen LogP contribution in [-0.4, -0.2) is 53.3 Å². The van der Waals surface area contributed by atoms with E-state index < -0.39 is 11.9 Å². The molecule has 1 saturated heterocycles. The minimum absolute atomic E-state index is 0.555. The molecule has 2 N–H and O–H groups in total. The Bertz CT molecular complexity index is 629. The van der Waals surface area contributed by atoms with E-state index in [4.69, 9.17) is 47.7 Å². The van der Waals surface area contributed by atoms with E-state index in [1.54, 1.807) is 12.1 Å². The van der Waals surface area contributed by atoms with E-state index in [9.17, 15) is 0 Å². The number of hydrogen-bond donors (Lipinski definition) is 2. The molecule has 1 fully saturated rings. The van der Waals surface area contributed by atoms with Crippen LogP contribution in [0.15, 0.2) is 18.2 Å². The smallest absolute Gasteiger partial charge is 0.414 e. The summed E-state index contributed by atoms with van der Waals surface area (Å²) in [6.45, 7) is 6.87. The normalized spacial score (nSPS) is 16.6. The predicted molar refractivity (Wildman–Crippen MR) is 115 cm³/mol. The zero-order valence-electron chi connectivity index (χ0n) is 16.9. The number of rotatable bonds is 9. The van der Waals surface area contributed by atoms with Crippen molar-refractivity contribution in [2.75, 3.05) is 26.2 Å². The fourth-order valence-electron chi connectivity index (χ4n) is 3.30. The highest BCUT2D eigenvalue weighted by molar-refractivity contribution is 6.42. The van der Waals surface area contributed by atoms with Gasteiger partial charge in [-0.3, -0.25) is 0 Å². The lowest BCUT2D eigenvalue weighted by atomic mass is 9.93. The van der Waals surface area contributed by atoms with Crippen LogP contribution in [0.3, 0.4) is 0 Å². The summed E-state index contributed by atoms with van der Waals surface area (Å²) in [6.07, 6.45) is 9.10. The van der Waals surface area contributed by atoms with Crippen molar-refractivity contribution in [3.8, 4) is 5.75 Å². The Morgan fingerprint density at radius 1 is 1.14 bits per heavy atom. The number of piperidine rings is 1. The van der Waals surface area contributed by atoms with Gasteiger partial charge in [-0.15, -0.1) is 0 Å². The molecule has 1 aliphatic heterocycles. The van der Waals surface area contributed by atoms with Crippen LogP contribution >= 0.6 is 23.2 Å². The van der Waals surface area contributed by atoms with Crippen LogP contribution in [-0.2, 0) is 9.59 Å². The number of carboxylic acids is 2. The molecule has 164 valence electrons. The Balaban J connectivity index is 0.000000612. The second-order valence-corrected chi connectivity index (χ2v) is 8.01. The summed E-state index contributed by atoms with van der Waals surface area (Å²) in [5.41, 5.74) is 0. The van der Waals surface area contributed by atoms with Crippen molar-refractivity contribution in [1.82, 2.24) is 4.90 Å². The molecular formula is C21H31Cl2NO5. The maximum atomic E-state index is 9.10. The zero-order valence-corrected chi connectivity index (χ0v) is 18.4. The first-order chi connectivity index (χ1) is 13.8. The number of unbranched alkanes of at least 4 members (excludes halogenated alkanes) is 2. The van der Waals surface area contributed by atoms with Crippen molar-refractivity contribution in [2.45, 2.75) is 51.9 Å². The van der Waals surface area contributed by atoms with E-state index in [-0.39, 0.29) is 0 Å². The quantitative estimate of drug-likeness (QED) is 0.398. The number of aliphatic carboxylic acids is 2. The van der Waals surface area contributed by atoms with Crippen molar-refractivity contribution in [3.63, 3.8) is 0 Å². The molecule has 0 bridgehead atoms. The molecule has 6 nitrogen and oxygen atoms in total. The van der Waals surface area contributed by atoms with Crippen molar-refractivity contribution < 1.29 is 24.5 Å². The lowest BCUT2D eigenvalue weighted by Gasteiger charge is -2.32. The van der Waals surface area contributed by atoms with Crippen LogP contribution in [0.2, 0.25) is 10.0 Å². The van der Waals surface area contributed by atoms with Crippen LogP contribution < -0.4 is 4.74 Å². The van der Waals surface area contributed by atoms with Crippen LogP contribution in [0, 0.1) is 5.92 Å². The van der Waals surface area contributed by atoms with E-state index in [2.05, 4.69) is 11.8 Å². The Hall–Kier alpha value is -1.50. The van der Waals surface area contributed by atoms with Gasteiger partial charge < -0.3 is 19.8 Å². The maximum absolute atomic E-state index is 9.10. The van der Waals surface area contributed by atoms with Crippen molar-refractivity contribution in [1.29, 1.82) is 0 Å². The van der Waals surface area contributed by atoms with Gasteiger partial charge in [-0.05, 0) is 63.2 Å². The maximum Gasteiger partial charge on any atom is 0.414 e. The summed E-state index contributed by atoms with van der Waals surface area (Å²) < 4.78 is 5.78. The van der Waals surface area contributed by atoms with Gasteiger partial charge in [-0.25, -0.2) is 9.59 Å². The molecule has 29 heavy (non-hydrogen) atoms. The molecule has 0 aromatic heterocycles. The third-order valence-electron chi connectivity index (χ3n) is 4.78. The molecule has 1 aliphatic rings. The monoisotopic (exact) mass is 447 g/mol. The zero-order chi connectivity index (χ0) is 21.6. The molecule has 1 aromatic carbocycles. The average Bonchev–Trinajstić information content (AvgIpc) is 2.69. The summed E-state index contributed by atoms with van der Waals surface area (Å²) in [6, 6.07) is 5.46. The minimum Gasteiger partial charge on any atom is -0.494 e. The van der Waals surface area contributed by atoms with Gasteiger partial charge in [0.15, 0.2) is 0 Å². The van der Waals surface area contributed by atoms with Crippen LogP contribution in [0.4, 0.5) is 0 Å². The minimum atomic E-state index is -1.82. The molecule has 0 aliphatic carbocycles. The van der Waals surface area contributed by atoms with Gasteiger partial charge in [0.1, 0.15) is 5.75 Å². The molecular weight excluding hydrogens is 417 g/mol. The van der Waals surface area contributed by atoms with Crippen LogP contribution in [0.5, 0.6) is 5.75 Å². The first-order valence-corrected chi connectivity index (χ1v) is 10.9. The molecule has 0 saturated carbocycles. The summed E-state index contributed by atoms with van der Waals surface area (Å²) >= 11 is 11.9. The Morgan fingerprint density at radius 3 is 2.48 bits per heavy atom. The van der Waals surface area contributed by atoms with E-state index in [0.717, 1.165) is 24.7 Å². The summed E-state index contributed by atoms with van der Waals surface area (Å²) in [7, 11) is 0. The summed E-state index contributed by atoms with van der Waals surface area (Å²) in [5.74, 6) is -2.00. The van der Waals surface area contributed by atoms with Crippen LogP contribution in [0.25, 0.3) is 0 Å². The van der Waals surface area contributed by atoms with Crippen molar-refractivity contribution in [3.05, 3.63) is 28.2 Å². The van der Waals surface area contributed by atoms with Gasteiger partial charge in [0.25, 0.3) is 0 Å². The Morgan fingerprint density at radius 2 is 1.86 bits per heavy atom. The number of halogens is 2. The molecule has 1 atom stereocenters. The molecule has 2 rings (SSSR count). The molecule has 1 aromatic rings. The van der Waals surface area contributed by atoms with E-state index in [1.807, 2.05) is 6.07 Å². The van der Waals surface area contributed by atoms with Crippen molar-refractivity contribution in [2.24, 2.45) is 5.92 Å². The molecule has 1 heterocycles. The van der Waals surface area contributed by atoms with Gasteiger partial charge in [-0.2, -0.15) is 0 Å². The fourth-order valence-corrected chi connectivity index (χ4v) is 3.59. The summed E-state index contributed by atoms with van der Waals surface area (Å²) in [4.78, 5) is 20.9. The SMILES string of the molecule is CCCCCN1CCCC(CCCOc2ccc(Cl)c(Cl)c2)C1.O=C(O)C(=O)O. The predicted octanol–water partition coefficient (Wildman–Crippen LogP) is 5.21. The average molecular weight is 448 g/mol. The number of carboxylic acid groups (broad SMARTS) is 2. The van der Waals surface area contributed by atoms with Gasteiger partial charge in [0, 0.05) is 12.6 Å². The molecule has 8 heteroatoms. The fraction of sp³-hybridized carbons (Fsp3) is 0.619. The Labute approximate surface area is 182 Å². The van der Waals surface area contributed by atoms with Gasteiger partial charge in [0.2, 0.25) is 0 Å². The number of likely N-dealkylation sites (tertiary alicyclic amines) is 1. The third-order valence-corrected chi connectivity index (χ3v) is 5.52. The highest BCUT2D eigenvalue weighted by Crippen LogP contribution is 2.27. The van der Waals surface area contributed by atoms with Crippen LogP contribution in [0.1, 0.15) is 51.9 Å². The second kappa shape index (κ2) is 14.5. The van der Waals surface area contributed by atoms with Gasteiger partial charge in [-0.1, -0.05) is 43.0 Å². The van der Waals surface area contributed by atoms with E-state index in [0.29, 0.717) is 10.0 Å². The summed E-state index contributed by atoms with van der Waals surface area (Å²) in [5, 5.41) is 15.9. The lowest BCUT2D eigenvalue weighted by Crippen LogP contribution is -2.36. The van der Waals surface area contributed by atoms with Crippen molar-refractivity contribution >= 4 is 35.1 Å². The van der Waals surface area contributed by atoms with E-state index >= 15 is 0 Å². The first kappa shape index (κ1) is 25.5. The molecule has 0 spiro atoms. The number of hydrogen-bond acceptors (Lipinski definition) is 4. The number of benzene rings is 1. The lowest BCUT2D eigenvalue weighted by molar-refractivity contribution is -0.159. The van der Waals surface area contributed by atoms with E-state index in [1.165, 1.54) is 58.2 Å². The first-order valence-electron chi connectivity index (χ1n) is 10.1. The molecule has 0 amide bonds. The number of nitrogens with zero attached hydrogens (tertiary/aromatic N) is 1. The second-order valence-electron chi connectivity index (χ2n) is 7.19. The topological polar surface area (TPSA) is 87.1 Å². The highest BCUT2D eigenvalue weighted by Gasteiger charge is 2.19.